The van der Waals surface area contributed by atoms with Crippen LogP contribution in [0.5, 0.6) is 5.75 Å². The molecule has 2 heterocycles. The van der Waals surface area contributed by atoms with Crippen LogP contribution >= 0.6 is 11.6 Å². The third-order valence-corrected chi connectivity index (χ3v) is 6.37. The van der Waals surface area contributed by atoms with Gasteiger partial charge in [-0.3, -0.25) is 9.78 Å². The minimum absolute atomic E-state index is 0.0181. The molecule has 0 radical (unpaired) electrons. The summed E-state index contributed by atoms with van der Waals surface area (Å²) >= 11 is 6.03. The number of fused-ring (bicyclic) bond motifs is 2. The zero-order chi connectivity index (χ0) is 23.9. The standard InChI is InChI=1S/C26H18ClF3N2O2/c27-25-18(5-3-6-19(25)26(28,29)30)22-14-31-21-12-16(8-9-20(21)32-22)23(33)13-15-10-11-34-24-7-2-1-4-17(15)24/h1-9,12,14-15H,10-11,13H2/t15-/m1/s1. The Morgan fingerprint density at radius 2 is 1.88 bits per heavy atom. The molecule has 1 atom stereocenters. The molecule has 3 aromatic carbocycles. The number of alkyl halides is 3. The quantitative estimate of drug-likeness (QED) is 0.291. The van der Waals surface area contributed by atoms with Gasteiger partial charge in [-0.25, -0.2) is 4.98 Å². The maximum absolute atomic E-state index is 13.2. The summed E-state index contributed by atoms with van der Waals surface area (Å²) in [5.41, 5.74) is 1.92. The van der Waals surface area contributed by atoms with Crippen molar-refractivity contribution in [3.63, 3.8) is 0 Å². The predicted molar refractivity (Wildman–Crippen MR) is 123 cm³/mol. The van der Waals surface area contributed by atoms with Crippen LogP contribution in [-0.2, 0) is 6.18 Å². The monoisotopic (exact) mass is 482 g/mol. The van der Waals surface area contributed by atoms with Crippen LogP contribution in [0, 0.1) is 0 Å². The SMILES string of the molecule is O=C(C[C@H]1CCOc2ccccc21)c1ccc2nc(-c3cccc(C(F)(F)F)c3Cl)cnc2c1. The summed E-state index contributed by atoms with van der Waals surface area (Å²) in [6.45, 7) is 0.568. The molecule has 0 bridgehead atoms. The van der Waals surface area contributed by atoms with Gasteiger partial charge in [0.25, 0.3) is 0 Å². The Hall–Kier alpha value is -3.45. The second-order valence-corrected chi connectivity index (χ2v) is 8.50. The molecule has 172 valence electrons. The number of benzene rings is 3. The Balaban J connectivity index is 1.42. The van der Waals surface area contributed by atoms with Gasteiger partial charge in [0.2, 0.25) is 0 Å². The number of Topliss-reactive ketones (excluding diaryl/α,β-unsaturated/α-hetero) is 1. The second kappa shape index (κ2) is 8.72. The number of carbonyl (C=O) groups excluding carboxylic acids is 1. The third kappa shape index (κ3) is 4.23. The van der Waals surface area contributed by atoms with E-state index in [0.717, 1.165) is 23.8 Å². The van der Waals surface area contributed by atoms with Crippen LogP contribution in [0.3, 0.4) is 0 Å². The molecule has 0 fully saturated rings. The lowest BCUT2D eigenvalue weighted by atomic mass is 9.87. The molecule has 0 saturated carbocycles. The van der Waals surface area contributed by atoms with Crippen LogP contribution in [0.15, 0.2) is 66.9 Å². The van der Waals surface area contributed by atoms with Crippen molar-refractivity contribution in [1.29, 1.82) is 0 Å². The Morgan fingerprint density at radius 3 is 2.71 bits per heavy atom. The highest BCUT2D eigenvalue weighted by molar-refractivity contribution is 6.34. The van der Waals surface area contributed by atoms with Gasteiger partial charge in [0.15, 0.2) is 5.78 Å². The van der Waals surface area contributed by atoms with Crippen LogP contribution in [0.25, 0.3) is 22.3 Å². The van der Waals surface area contributed by atoms with Gasteiger partial charge in [-0.15, -0.1) is 0 Å². The summed E-state index contributed by atoms with van der Waals surface area (Å²) in [6, 6.07) is 16.4. The number of rotatable bonds is 4. The molecular formula is C26H18ClF3N2O2. The molecule has 0 aliphatic carbocycles. The minimum Gasteiger partial charge on any atom is -0.493 e. The van der Waals surface area contributed by atoms with Gasteiger partial charge < -0.3 is 4.74 Å². The van der Waals surface area contributed by atoms with Crippen molar-refractivity contribution in [2.75, 3.05) is 6.61 Å². The first-order chi connectivity index (χ1) is 16.3. The summed E-state index contributed by atoms with van der Waals surface area (Å²) < 4.78 is 45.3. The summed E-state index contributed by atoms with van der Waals surface area (Å²) in [4.78, 5) is 21.8. The number of carbonyl (C=O) groups is 1. The Bertz CT molecular complexity index is 1400. The summed E-state index contributed by atoms with van der Waals surface area (Å²) in [5, 5.41) is -0.424. The zero-order valence-electron chi connectivity index (χ0n) is 17.8. The summed E-state index contributed by atoms with van der Waals surface area (Å²) in [6.07, 6.45) is -2.10. The number of halogens is 4. The van der Waals surface area contributed by atoms with Gasteiger partial charge in [0.1, 0.15) is 5.75 Å². The van der Waals surface area contributed by atoms with Gasteiger partial charge in [-0.1, -0.05) is 41.9 Å². The van der Waals surface area contributed by atoms with Crippen LogP contribution in [0.1, 0.15) is 40.2 Å². The van der Waals surface area contributed by atoms with Crippen molar-refractivity contribution < 1.29 is 22.7 Å². The fraction of sp³-hybridized carbons (Fsp3) is 0.192. The number of nitrogens with zero attached hydrogens (tertiary/aromatic N) is 2. The van der Waals surface area contributed by atoms with E-state index in [1.54, 1.807) is 18.2 Å². The maximum atomic E-state index is 13.2. The zero-order valence-corrected chi connectivity index (χ0v) is 18.5. The van der Waals surface area contributed by atoms with Gasteiger partial charge in [0.05, 0.1) is 40.1 Å². The average molecular weight is 483 g/mol. The van der Waals surface area contributed by atoms with Crippen molar-refractivity contribution >= 4 is 28.4 Å². The van der Waals surface area contributed by atoms with Gasteiger partial charge in [0, 0.05) is 17.5 Å². The Kier molecular flexibility index (Phi) is 5.73. The topological polar surface area (TPSA) is 52.1 Å². The number of hydrogen-bond donors (Lipinski definition) is 0. The molecule has 1 aliphatic heterocycles. The number of ether oxygens (including phenoxy) is 1. The Morgan fingerprint density at radius 1 is 1.06 bits per heavy atom. The molecule has 8 heteroatoms. The molecular weight excluding hydrogens is 465 g/mol. The molecule has 0 unspecified atom stereocenters. The molecule has 1 aliphatic rings. The molecule has 34 heavy (non-hydrogen) atoms. The van der Waals surface area contributed by atoms with Gasteiger partial charge >= 0.3 is 6.18 Å². The lowest BCUT2D eigenvalue weighted by Gasteiger charge is -2.25. The van der Waals surface area contributed by atoms with Crippen molar-refractivity contribution in [3.8, 4) is 17.0 Å². The number of ketones is 1. The highest BCUT2D eigenvalue weighted by Gasteiger charge is 2.34. The molecule has 0 spiro atoms. The van der Waals surface area contributed by atoms with Crippen LogP contribution in [0.2, 0.25) is 5.02 Å². The first kappa shape index (κ1) is 22.3. The van der Waals surface area contributed by atoms with Gasteiger partial charge in [-0.05, 0) is 48.2 Å². The molecule has 4 nitrogen and oxygen atoms in total. The van der Waals surface area contributed by atoms with Crippen molar-refractivity contribution in [3.05, 3.63) is 88.6 Å². The van der Waals surface area contributed by atoms with E-state index >= 15 is 0 Å². The molecule has 0 saturated heterocycles. The van der Waals surface area contributed by atoms with Crippen LogP contribution in [-0.4, -0.2) is 22.4 Å². The number of hydrogen-bond acceptors (Lipinski definition) is 4. The van der Waals surface area contributed by atoms with E-state index in [-0.39, 0.29) is 23.0 Å². The smallest absolute Gasteiger partial charge is 0.417 e. The third-order valence-electron chi connectivity index (χ3n) is 5.96. The number of aromatic nitrogens is 2. The maximum Gasteiger partial charge on any atom is 0.417 e. The average Bonchev–Trinajstić information content (AvgIpc) is 2.83. The van der Waals surface area contributed by atoms with E-state index in [4.69, 9.17) is 16.3 Å². The van der Waals surface area contributed by atoms with Crippen molar-refractivity contribution in [1.82, 2.24) is 9.97 Å². The first-order valence-corrected chi connectivity index (χ1v) is 11.1. The summed E-state index contributed by atoms with van der Waals surface area (Å²) in [5.74, 6) is 0.872. The lowest BCUT2D eigenvalue weighted by Crippen LogP contribution is -2.17. The molecule has 5 rings (SSSR count). The molecule has 0 N–H and O–H groups in total. The normalized spacial score (nSPS) is 15.6. The fourth-order valence-electron chi connectivity index (χ4n) is 4.23. The molecule has 4 aromatic rings. The minimum atomic E-state index is -4.57. The van der Waals surface area contributed by atoms with E-state index in [0.29, 0.717) is 29.6 Å². The lowest BCUT2D eigenvalue weighted by molar-refractivity contribution is -0.137. The number of para-hydroxylation sites is 1. The van der Waals surface area contributed by atoms with E-state index < -0.39 is 16.8 Å². The van der Waals surface area contributed by atoms with Crippen molar-refractivity contribution in [2.45, 2.75) is 24.9 Å². The summed E-state index contributed by atoms with van der Waals surface area (Å²) in [7, 11) is 0. The first-order valence-electron chi connectivity index (χ1n) is 10.7. The highest BCUT2D eigenvalue weighted by atomic mass is 35.5. The fourth-order valence-corrected chi connectivity index (χ4v) is 4.56. The van der Waals surface area contributed by atoms with E-state index in [1.165, 1.54) is 18.3 Å². The van der Waals surface area contributed by atoms with Gasteiger partial charge in [-0.2, -0.15) is 13.2 Å². The van der Waals surface area contributed by atoms with Crippen LogP contribution in [0.4, 0.5) is 13.2 Å². The van der Waals surface area contributed by atoms with Crippen molar-refractivity contribution in [2.24, 2.45) is 0 Å². The largest absolute Gasteiger partial charge is 0.493 e. The highest BCUT2D eigenvalue weighted by Crippen LogP contribution is 2.39. The molecule has 0 amide bonds. The predicted octanol–water partition coefficient (Wildman–Crippen LogP) is 7.11. The van der Waals surface area contributed by atoms with E-state index in [2.05, 4.69) is 9.97 Å². The van der Waals surface area contributed by atoms with Crippen LogP contribution < -0.4 is 4.74 Å². The Labute approximate surface area is 198 Å². The second-order valence-electron chi connectivity index (χ2n) is 8.12. The molecule has 1 aromatic heterocycles. The van der Waals surface area contributed by atoms with E-state index in [1.807, 2.05) is 24.3 Å². The van der Waals surface area contributed by atoms with E-state index in [9.17, 15) is 18.0 Å².